The summed E-state index contributed by atoms with van der Waals surface area (Å²) in [5.41, 5.74) is 2.41. The molecule has 0 bridgehead atoms. The van der Waals surface area contributed by atoms with Crippen molar-refractivity contribution in [1.29, 1.82) is 0 Å². The summed E-state index contributed by atoms with van der Waals surface area (Å²) in [6.45, 7) is 3.29. The van der Waals surface area contributed by atoms with Crippen LogP contribution in [0, 0.1) is 0 Å². The first-order chi connectivity index (χ1) is 8.36. The van der Waals surface area contributed by atoms with Crippen LogP contribution in [0.1, 0.15) is 32.0 Å². The second-order valence-electron chi connectivity index (χ2n) is 4.31. The summed E-state index contributed by atoms with van der Waals surface area (Å²) in [5, 5.41) is 1.08. The van der Waals surface area contributed by atoms with Gasteiger partial charge in [-0.1, -0.05) is 35.0 Å². The highest BCUT2D eigenvalue weighted by molar-refractivity contribution is 9.09. The van der Waals surface area contributed by atoms with Crippen LogP contribution in [0.15, 0.2) is 24.3 Å². The molecular formula is C14H19BrN2. The Bertz CT molecular complexity index is 476. The zero-order valence-electron chi connectivity index (χ0n) is 10.3. The molecule has 1 aromatic carbocycles. The molecule has 17 heavy (non-hydrogen) atoms. The predicted molar refractivity (Wildman–Crippen MR) is 76.8 cm³/mol. The first-order valence-corrected chi connectivity index (χ1v) is 7.49. The highest BCUT2D eigenvalue weighted by Crippen LogP contribution is 2.18. The van der Waals surface area contributed by atoms with Gasteiger partial charge >= 0.3 is 0 Å². The Morgan fingerprint density at radius 1 is 1.24 bits per heavy atom. The lowest BCUT2D eigenvalue weighted by molar-refractivity contribution is 0.635. The highest BCUT2D eigenvalue weighted by atomic mass is 79.9. The van der Waals surface area contributed by atoms with Crippen LogP contribution in [0.3, 0.4) is 0 Å². The molecule has 92 valence electrons. The van der Waals surface area contributed by atoms with Crippen molar-refractivity contribution in [2.45, 2.75) is 39.2 Å². The second-order valence-corrected chi connectivity index (χ2v) is 5.11. The number of para-hydroxylation sites is 2. The Morgan fingerprint density at radius 2 is 2.06 bits per heavy atom. The molecule has 0 saturated carbocycles. The molecule has 3 heteroatoms. The maximum atomic E-state index is 4.75. The van der Waals surface area contributed by atoms with Crippen LogP contribution in [-0.2, 0) is 13.0 Å². The number of alkyl halides is 1. The van der Waals surface area contributed by atoms with E-state index in [4.69, 9.17) is 4.98 Å². The predicted octanol–water partition coefficient (Wildman–Crippen LogP) is 4.16. The Kier molecular flexibility index (Phi) is 4.60. The van der Waals surface area contributed by atoms with E-state index in [0.29, 0.717) is 0 Å². The Balaban J connectivity index is 2.29. The molecule has 0 unspecified atom stereocenters. The molecule has 0 atom stereocenters. The molecular weight excluding hydrogens is 276 g/mol. The largest absolute Gasteiger partial charge is 0.328 e. The third-order valence-electron chi connectivity index (χ3n) is 2.96. The van der Waals surface area contributed by atoms with Gasteiger partial charge in [0.2, 0.25) is 0 Å². The lowest BCUT2D eigenvalue weighted by Gasteiger charge is -2.07. The summed E-state index contributed by atoms with van der Waals surface area (Å²) < 4.78 is 2.38. The lowest BCUT2D eigenvalue weighted by Crippen LogP contribution is -2.03. The lowest BCUT2D eigenvalue weighted by atomic mass is 10.2. The molecule has 0 N–H and O–H groups in total. The maximum absolute atomic E-state index is 4.75. The first-order valence-electron chi connectivity index (χ1n) is 6.37. The van der Waals surface area contributed by atoms with Crippen LogP contribution in [0.2, 0.25) is 0 Å². The number of unbranched alkanes of at least 4 members (excludes halogenated alkanes) is 1. The normalized spacial score (nSPS) is 11.2. The third kappa shape index (κ3) is 2.89. The average Bonchev–Trinajstić information content (AvgIpc) is 2.69. The van der Waals surface area contributed by atoms with Crippen LogP contribution in [0.4, 0.5) is 0 Å². The number of imidazole rings is 1. The van der Waals surface area contributed by atoms with Gasteiger partial charge in [-0.05, 0) is 31.4 Å². The second kappa shape index (κ2) is 6.20. The van der Waals surface area contributed by atoms with Crippen molar-refractivity contribution in [1.82, 2.24) is 9.55 Å². The summed E-state index contributed by atoms with van der Waals surface area (Å²) in [6.07, 6.45) is 4.67. The van der Waals surface area contributed by atoms with E-state index in [0.717, 1.165) is 30.2 Å². The number of aryl methyl sites for hydroxylation is 2. The molecule has 1 aromatic heterocycles. The van der Waals surface area contributed by atoms with Crippen molar-refractivity contribution in [3.63, 3.8) is 0 Å². The molecule has 0 aliphatic rings. The van der Waals surface area contributed by atoms with Crippen LogP contribution in [-0.4, -0.2) is 14.9 Å². The van der Waals surface area contributed by atoms with Crippen molar-refractivity contribution in [2.75, 3.05) is 5.33 Å². The molecule has 0 spiro atoms. The van der Waals surface area contributed by atoms with E-state index in [1.807, 2.05) is 0 Å². The molecule has 2 aromatic rings. The van der Waals surface area contributed by atoms with Crippen LogP contribution in [0.5, 0.6) is 0 Å². The fourth-order valence-electron chi connectivity index (χ4n) is 2.17. The van der Waals surface area contributed by atoms with Gasteiger partial charge in [-0.3, -0.25) is 0 Å². The van der Waals surface area contributed by atoms with Gasteiger partial charge < -0.3 is 4.57 Å². The van der Waals surface area contributed by atoms with Crippen molar-refractivity contribution < 1.29 is 0 Å². The van der Waals surface area contributed by atoms with Gasteiger partial charge in [0, 0.05) is 18.3 Å². The number of hydrogen-bond donors (Lipinski definition) is 0. The molecule has 0 radical (unpaired) electrons. The molecule has 0 saturated heterocycles. The third-order valence-corrected chi connectivity index (χ3v) is 3.53. The zero-order chi connectivity index (χ0) is 12.1. The van der Waals surface area contributed by atoms with E-state index in [9.17, 15) is 0 Å². The van der Waals surface area contributed by atoms with E-state index in [2.05, 4.69) is 51.7 Å². The van der Waals surface area contributed by atoms with Crippen molar-refractivity contribution in [2.24, 2.45) is 0 Å². The molecule has 0 fully saturated rings. The van der Waals surface area contributed by atoms with Crippen LogP contribution < -0.4 is 0 Å². The smallest absolute Gasteiger partial charge is 0.109 e. The van der Waals surface area contributed by atoms with Gasteiger partial charge in [-0.15, -0.1) is 0 Å². The number of halogens is 1. The van der Waals surface area contributed by atoms with Crippen molar-refractivity contribution in [3.8, 4) is 0 Å². The van der Waals surface area contributed by atoms with Gasteiger partial charge in [0.15, 0.2) is 0 Å². The van der Waals surface area contributed by atoms with Crippen LogP contribution >= 0.6 is 15.9 Å². The molecule has 1 heterocycles. The van der Waals surface area contributed by atoms with E-state index < -0.39 is 0 Å². The Labute approximate surface area is 111 Å². The first kappa shape index (κ1) is 12.6. The van der Waals surface area contributed by atoms with Gasteiger partial charge in [0.05, 0.1) is 11.0 Å². The number of aromatic nitrogens is 2. The minimum Gasteiger partial charge on any atom is -0.328 e. The number of rotatable bonds is 6. The zero-order valence-corrected chi connectivity index (χ0v) is 11.9. The Morgan fingerprint density at radius 3 is 2.82 bits per heavy atom. The Hall–Kier alpha value is -0.830. The maximum Gasteiger partial charge on any atom is 0.109 e. The quantitative estimate of drug-likeness (QED) is 0.578. The van der Waals surface area contributed by atoms with Gasteiger partial charge in [-0.2, -0.15) is 0 Å². The minimum absolute atomic E-state index is 1.07. The van der Waals surface area contributed by atoms with Crippen molar-refractivity contribution in [3.05, 3.63) is 30.1 Å². The van der Waals surface area contributed by atoms with Gasteiger partial charge in [0.25, 0.3) is 0 Å². The topological polar surface area (TPSA) is 17.8 Å². The molecule has 2 nitrogen and oxygen atoms in total. The number of nitrogens with zero attached hydrogens (tertiary/aromatic N) is 2. The fraction of sp³-hybridized carbons (Fsp3) is 0.500. The number of benzene rings is 1. The molecule has 0 amide bonds. The number of fused-ring (bicyclic) bond motifs is 1. The van der Waals surface area contributed by atoms with Crippen LogP contribution in [0.25, 0.3) is 11.0 Å². The van der Waals surface area contributed by atoms with Crippen molar-refractivity contribution >= 4 is 27.0 Å². The van der Waals surface area contributed by atoms with E-state index >= 15 is 0 Å². The van der Waals surface area contributed by atoms with E-state index in [-0.39, 0.29) is 0 Å². The van der Waals surface area contributed by atoms with Gasteiger partial charge in [-0.25, -0.2) is 4.98 Å². The summed E-state index contributed by atoms with van der Waals surface area (Å²) in [7, 11) is 0. The standard InChI is InChI=1S/C14H19BrN2/c1-2-11-17-13-8-4-3-7-12(13)16-14(17)9-5-6-10-15/h3-4,7-8H,2,5-6,9-11H2,1H3. The number of hydrogen-bond acceptors (Lipinski definition) is 1. The molecule has 0 aliphatic heterocycles. The highest BCUT2D eigenvalue weighted by Gasteiger charge is 2.08. The molecule has 0 aliphatic carbocycles. The summed E-state index contributed by atoms with van der Waals surface area (Å²) in [4.78, 5) is 4.75. The summed E-state index contributed by atoms with van der Waals surface area (Å²) in [5.74, 6) is 1.24. The SMILES string of the molecule is CCCn1c(CCCCBr)nc2ccccc21. The minimum atomic E-state index is 1.07. The monoisotopic (exact) mass is 294 g/mol. The van der Waals surface area contributed by atoms with Gasteiger partial charge in [0.1, 0.15) is 5.82 Å². The average molecular weight is 295 g/mol. The van der Waals surface area contributed by atoms with E-state index in [1.54, 1.807) is 0 Å². The summed E-state index contributed by atoms with van der Waals surface area (Å²) >= 11 is 3.48. The fourth-order valence-corrected chi connectivity index (χ4v) is 2.56. The van der Waals surface area contributed by atoms with E-state index in [1.165, 1.54) is 24.2 Å². The molecule has 2 rings (SSSR count). The summed E-state index contributed by atoms with van der Waals surface area (Å²) in [6, 6.07) is 8.44.